The van der Waals surface area contributed by atoms with Gasteiger partial charge in [0, 0.05) is 6.42 Å². The van der Waals surface area contributed by atoms with Gasteiger partial charge in [-0.1, -0.05) is 25.0 Å². The zero-order valence-electron chi connectivity index (χ0n) is 19.4. The van der Waals surface area contributed by atoms with Gasteiger partial charge in [-0.15, -0.1) is 0 Å². The van der Waals surface area contributed by atoms with E-state index < -0.39 is 0 Å². The summed E-state index contributed by atoms with van der Waals surface area (Å²) in [7, 11) is 0. The highest BCUT2D eigenvalue weighted by molar-refractivity contribution is 5.69. The number of piperidine rings is 1. The lowest BCUT2D eigenvalue weighted by molar-refractivity contribution is -0.143. The molecule has 1 saturated heterocycles. The average molecular weight is 428 g/mol. The van der Waals surface area contributed by atoms with Gasteiger partial charge >= 0.3 is 5.97 Å². The predicted octanol–water partition coefficient (Wildman–Crippen LogP) is 6.09. The summed E-state index contributed by atoms with van der Waals surface area (Å²) in [5.41, 5.74) is 2.13. The molecule has 0 aromatic heterocycles. The first-order valence-electron chi connectivity index (χ1n) is 12.8. The molecule has 31 heavy (non-hydrogen) atoms. The van der Waals surface area contributed by atoms with Crippen LogP contribution in [0.5, 0.6) is 5.75 Å². The Hall–Kier alpha value is -1.55. The first-order valence-corrected chi connectivity index (χ1v) is 12.8. The lowest BCUT2D eigenvalue weighted by Gasteiger charge is -2.37. The second-order valence-electron chi connectivity index (χ2n) is 10.1. The average Bonchev–Trinajstić information content (AvgIpc) is 3.25. The van der Waals surface area contributed by atoms with Crippen LogP contribution in [0.15, 0.2) is 24.3 Å². The molecule has 1 heterocycles. The Balaban J connectivity index is 1.17. The van der Waals surface area contributed by atoms with Crippen molar-refractivity contribution in [3.05, 3.63) is 29.8 Å². The van der Waals surface area contributed by atoms with Crippen molar-refractivity contribution in [1.29, 1.82) is 0 Å². The van der Waals surface area contributed by atoms with Crippen LogP contribution in [0.25, 0.3) is 0 Å². The minimum atomic E-state index is -0.0639. The molecular weight excluding hydrogens is 386 g/mol. The van der Waals surface area contributed by atoms with Gasteiger partial charge in [-0.05, 0) is 113 Å². The molecule has 2 saturated carbocycles. The Kier molecular flexibility index (Phi) is 7.92. The van der Waals surface area contributed by atoms with Gasteiger partial charge in [0.15, 0.2) is 0 Å². The number of hydrogen-bond donors (Lipinski definition) is 0. The number of carbonyl (C=O) groups is 1. The highest BCUT2D eigenvalue weighted by Crippen LogP contribution is 2.49. The molecule has 1 aromatic carbocycles. The fraction of sp³-hybridized carbons (Fsp3) is 0.741. The monoisotopic (exact) mass is 427 g/mol. The Bertz CT molecular complexity index is 677. The molecule has 1 aliphatic heterocycles. The van der Waals surface area contributed by atoms with Crippen LogP contribution >= 0.6 is 0 Å². The molecule has 0 amide bonds. The molecule has 0 atom stereocenters. The molecule has 3 fully saturated rings. The molecule has 1 aromatic rings. The van der Waals surface area contributed by atoms with Crippen molar-refractivity contribution < 1.29 is 14.3 Å². The number of carbonyl (C=O) groups excluding carboxylic acids is 1. The van der Waals surface area contributed by atoms with E-state index in [1.54, 1.807) is 0 Å². The molecule has 4 nitrogen and oxygen atoms in total. The Labute approximate surface area is 188 Å². The quantitative estimate of drug-likeness (QED) is 0.471. The predicted molar refractivity (Wildman–Crippen MR) is 125 cm³/mol. The first-order chi connectivity index (χ1) is 15.2. The highest BCUT2D eigenvalue weighted by atomic mass is 16.5. The van der Waals surface area contributed by atoms with Gasteiger partial charge in [0.2, 0.25) is 0 Å². The molecule has 0 bridgehead atoms. The van der Waals surface area contributed by atoms with Gasteiger partial charge < -0.3 is 14.4 Å². The van der Waals surface area contributed by atoms with Crippen molar-refractivity contribution in [2.45, 2.75) is 96.0 Å². The summed E-state index contributed by atoms with van der Waals surface area (Å²) in [4.78, 5) is 14.0. The fourth-order valence-corrected chi connectivity index (χ4v) is 6.13. The first kappa shape index (κ1) is 22.6. The largest absolute Gasteiger partial charge is 0.490 e. The van der Waals surface area contributed by atoms with Gasteiger partial charge in [-0.2, -0.15) is 0 Å². The third-order valence-electron chi connectivity index (χ3n) is 8.06. The van der Waals surface area contributed by atoms with Crippen molar-refractivity contribution in [2.75, 3.05) is 26.2 Å². The number of likely N-dealkylation sites (tertiary alicyclic amines) is 1. The molecule has 172 valence electrons. The molecule has 4 heteroatoms. The van der Waals surface area contributed by atoms with Gasteiger partial charge in [-0.3, -0.25) is 4.79 Å². The zero-order valence-corrected chi connectivity index (χ0v) is 19.4. The summed E-state index contributed by atoms with van der Waals surface area (Å²) < 4.78 is 11.4. The number of nitrogens with zero attached hydrogens (tertiary/aromatic N) is 1. The van der Waals surface area contributed by atoms with Crippen LogP contribution in [0.3, 0.4) is 0 Å². The van der Waals surface area contributed by atoms with Crippen LogP contribution in [0.1, 0.15) is 95.5 Å². The highest BCUT2D eigenvalue weighted by Gasteiger charge is 2.38. The van der Waals surface area contributed by atoms with E-state index in [2.05, 4.69) is 29.2 Å². The van der Waals surface area contributed by atoms with Crippen molar-refractivity contribution in [1.82, 2.24) is 4.90 Å². The summed E-state index contributed by atoms with van der Waals surface area (Å²) in [6.07, 6.45) is 15.3. The number of hydrogen-bond acceptors (Lipinski definition) is 4. The van der Waals surface area contributed by atoms with Crippen LogP contribution in [-0.4, -0.2) is 43.2 Å². The maximum absolute atomic E-state index is 11.5. The molecule has 0 unspecified atom stereocenters. The maximum atomic E-state index is 11.5. The third-order valence-corrected chi connectivity index (χ3v) is 8.06. The molecule has 2 aliphatic carbocycles. The second-order valence-corrected chi connectivity index (χ2v) is 10.1. The molecule has 1 spiro atoms. The number of ether oxygens (including phenoxy) is 2. The summed E-state index contributed by atoms with van der Waals surface area (Å²) in [6, 6.07) is 8.97. The smallest absolute Gasteiger partial charge is 0.305 e. The van der Waals surface area contributed by atoms with Crippen LogP contribution < -0.4 is 4.74 Å². The van der Waals surface area contributed by atoms with Crippen LogP contribution in [0.4, 0.5) is 0 Å². The topological polar surface area (TPSA) is 38.8 Å². The third kappa shape index (κ3) is 6.25. The second kappa shape index (κ2) is 10.8. The number of benzene rings is 1. The molecule has 4 rings (SSSR count). The van der Waals surface area contributed by atoms with E-state index in [0.29, 0.717) is 30.5 Å². The Morgan fingerprint density at radius 3 is 2.32 bits per heavy atom. The van der Waals surface area contributed by atoms with Crippen molar-refractivity contribution in [2.24, 2.45) is 5.41 Å². The lowest BCUT2D eigenvalue weighted by Crippen LogP contribution is -2.34. The normalized spacial score (nSPS) is 22.6. The SMILES string of the molecule is CCOC(=O)CCCN1CCC(c2ccc(OC3CCC4(CCCC4)CC3)cc2)CC1. The van der Waals surface area contributed by atoms with E-state index in [1.807, 2.05) is 6.92 Å². The Morgan fingerprint density at radius 2 is 1.68 bits per heavy atom. The van der Waals surface area contributed by atoms with E-state index in [4.69, 9.17) is 9.47 Å². The molecular formula is C27H41NO3. The molecule has 0 N–H and O–H groups in total. The van der Waals surface area contributed by atoms with Crippen LogP contribution in [0.2, 0.25) is 0 Å². The number of esters is 1. The van der Waals surface area contributed by atoms with Gasteiger partial charge in [-0.25, -0.2) is 0 Å². The van der Waals surface area contributed by atoms with Gasteiger partial charge in [0.1, 0.15) is 5.75 Å². The lowest BCUT2D eigenvalue weighted by atomic mass is 9.72. The van der Waals surface area contributed by atoms with E-state index in [0.717, 1.165) is 31.8 Å². The summed E-state index contributed by atoms with van der Waals surface area (Å²) in [5.74, 6) is 1.63. The van der Waals surface area contributed by atoms with Crippen molar-refractivity contribution in [3.63, 3.8) is 0 Å². The van der Waals surface area contributed by atoms with E-state index in [-0.39, 0.29) is 5.97 Å². The van der Waals surface area contributed by atoms with E-state index >= 15 is 0 Å². The van der Waals surface area contributed by atoms with Crippen LogP contribution in [0, 0.1) is 5.41 Å². The van der Waals surface area contributed by atoms with Crippen molar-refractivity contribution >= 4 is 5.97 Å². The maximum Gasteiger partial charge on any atom is 0.305 e. The molecule has 3 aliphatic rings. The minimum Gasteiger partial charge on any atom is -0.490 e. The van der Waals surface area contributed by atoms with Gasteiger partial charge in [0.25, 0.3) is 0 Å². The summed E-state index contributed by atoms with van der Waals surface area (Å²) in [6.45, 7) is 5.59. The number of rotatable bonds is 8. The van der Waals surface area contributed by atoms with E-state index in [1.165, 1.54) is 69.8 Å². The Morgan fingerprint density at radius 1 is 1.00 bits per heavy atom. The summed E-state index contributed by atoms with van der Waals surface area (Å²) in [5, 5.41) is 0. The van der Waals surface area contributed by atoms with Crippen molar-refractivity contribution in [3.8, 4) is 5.75 Å². The van der Waals surface area contributed by atoms with Crippen LogP contribution in [-0.2, 0) is 9.53 Å². The van der Waals surface area contributed by atoms with Gasteiger partial charge in [0.05, 0.1) is 12.7 Å². The minimum absolute atomic E-state index is 0.0639. The standard InChI is InChI=1S/C27H41NO3/c1-2-30-26(29)6-5-19-28-20-13-23(14-21-28)22-7-9-24(10-8-22)31-25-11-17-27(18-12-25)15-3-4-16-27/h7-10,23,25H,2-6,11-21H2,1H3. The zero-order chi connectivity index (χ0) is 21.5. The van der Waals surface area contributed by atoms with E-state index in [9.17, 15) is 4.79 Å². The summed E-state index contributed by atoms with van der Waals surface area (Å²) >= 11 is 0. The fourth-order valence-electron chi connectivity index (χ4n) is 6.13. The molecule has 0 radical (unpaired) electrons.